The van der Waals surface area contributed by atoms with E-state index in [-0.39, 0.29) is 5.91 Å². The van der Waals surface area contributed by atoms with Gasteiger partial charge in [-0.15, -0.1) is 0 Å². The summed E-state index contributed by atoms with van der Waals surface area (Å²) in [6, 6.07) is 7.89. The molecular formula is C14H14N4O. The maximum Gasteiger partial charge on any atom is 0.296 e. The molecule has 19 heavy (non-hydrogen) atoms. The van der Waals surface area contributed by atoms with Crippen LogP contribution in [-0.4, -0.2) is 20.7 Å². The van der Waals surface area contributed by atoms with Crippen molar-refractivity contribution in [3.63, 3.8) is 0 Å². The van der Waals surface area contributed by atoms with Crippen LogP contribution < -0.4 is 5.32 Å². The fraction of sp³-hybridized carbons (Fsp3) is 0.214. The number of amides is 1. The highest BCUT2D eigenvalue weighted by molar-refractivity contribution is 5.93. The SMILES string of the molecule is CC#CC(=O)NCc1ccccc1Cn1cncn1. The molecule has 0 aliphatic heterocycles. The van der Waals surface area contributed by atoms with E-state index in [0.717, 1.165) is 11.1 Å². The number of carbonyl (C=O) groups is 1. The third-order valence-electron chi connectivity index (χ3n) is 2.60. The summed E-state index contributed by atoms with van der Waals surface area (Å²) in [5.41, 5.74) is 2.14. The second-order valence-corrected chi connectivity index (χ2v) is 3.92. The first-order chi connectivity index (χ1) is 9.29. The number of hydrogen-bond donors (Lipinski definition) is 1. The Hall–Kier alpha value is -2.61. The molecule has 0 saturated carbocycles. The molecule has 1 N–H and O–H groups in total. The van der Waals surface area contributed by atoms with Crippen molar-refractivity contribution in [2.24, 2.45) is 0 Å². The van der Waals surface area contributed by atoms with Gasteiger partial charge >= 0.3 is 0 Å². The lowest BCUT2D eigenvalue weighted by molar-refractivity contribution is -0.115. The quantitative estimate of drug-likeness (QED) is 0.827. The Labute approximate surface area is 111 Å². The monoisotopic (exact) mass is 254 g/mol. The molecule has 1 aromatic carbocycles. The van der Waals surface area contributed by atoms with E-state index >= 15 is 0 Å². The van der Waals surface area contributed by atoms with Crippen LogP contribution in [0.5, 0.6) is 0 Å². The standard InChI is InChI=1S/C14H14N4O/c1-2-5-14(19)16-8-12-6-3-4-7-13(12)9-18-11-15-10-17-18/h3-4,6-7,10-11H,8-9H2,1H3,(H,16,19). The van der Waals surface area contributed by atoms with Crippen molar-refractivity contribution < 1.29 is 4.79 Å². The minimum absolute atomic E-state index is 0.266. The molecule has 1 heterocycles. The number of nitrogens with one attached hydrogen (secondary N) is 1. The number of nitrogens with zero attached hydrogens (tertiary/aromatic N) is 3. The number of aromatic nitrogens is 3. The first-order valence-electron chi connectivity index (χ1n) is 5.89. The molecule has 1 aromatic heterocycles. The van der Waals surface area contributed by atoms with E-state index in [1.54, 1.807) is 17.9 Å². The smallest absolute Gasteiger partial charge is 0.296 e. The molecule has 0 unspecified atom stereocenters. The second-order valence-electron chi connectivity index (χ2n) is 3.92. The lowest BCUT2D eigenvalue weighted by atomic mass is 10.1. The minimum Gasteiger partial charge on any atom is -0.341 e. The molecule has 0 spiro atoms. The Kier molecular flexibility index (Phi) is 4.29. The van der Waals surface area contributed by atoms with Crippen LogP contribution in [0.1, 0.15) is 18.1 Å². The molecule has 5 heteroatoms. The van der Waals surface area contributed by atoms with Crippen molar-refractivity contribution in [2.45, 2.75) is 20.0 Å². The van der Waals surface area contributed by atoms with E-state index in [1.807, 2.05) is 24.3 Å². The molecule has 96 valence electrons. The summed E-state index contributed by atoms with van der Waals surface area (Å²) in [6.45, 7) is 2.72. The van der Waals surface area contributed by atoms with Crippen molar-refractivity contribution in [3.8, 4) is 11.8 Å². The molecule has 0 atom stereocenters. The summed E-state index contributed by atoms with van der Waals surface area (Å²) >= 11 is 0. The largest absolute Gasteiger partial charge is 0.341 e. The van der Waals surface area contributed by atoms with Crippen LogP contribution in [0, 0.1) is 11.8 Å². The average Bonchev–Trinajstić information content (AvgIpc) is 2.91. The summed E-state index contributed by atoms with van der Waals surface area (Å²) < 4.78 is 1.74. The lowest BCUT2D eigenvalue weighted by Crippen LogP contribution is -2.21. The minimum atomic E-state index is -0.266. The van der Waals surface area contributed by atoms with E-state index in [4.69, 9.17) is 0 Å². The average molecular weight is 254 g/mol. The number of hydrogen-bond acceptors (Lipinski definition) is 3. The van der Waals surface area contributed by atoms with Gasteiger partial charge in [-0.25, -0.2) is 9.67 Å². The highest BCUT2D eigenvalue weighted by Gasteiger charge is 2.04. The normalized spacial score (nSPS) is 9.53. The summed E-state index contributed by atoms with van der Waals surface area (Å²) in [5.74, 6) is 4.76. The Morgan fingerprint density at radius 3 is 2.84 bits per heavy atom. The van der Waals surface area contributed by atoms with Crippen LogP contribution in [0.2, 0.25) is 0 Å². The topological polar surface area (TPSA) is 59.8 Å². The molecule has 0 saturated heterocycles. The molecule has 0 fully saturated rings. The van der Waals surface area contributed by atoms with Gasteiger partial charge in [0.15, 0.2) is 0 Å². The van der Waals surface area contributed by atoms with Gasteiger partial charge < -0.3 is 5.32 Å². The molecule has 0 bridgehead atoms. The maximum absolute atomic E-state index is 11.3. The van der Waals surface area contributed by atoms with E-state index in [2.05, 4.69) is 27.2 Å². The summed E-state index contributed by atoms with van der Waals surface area (Å²) in [7, 11) is 0. The molecule has 0 aliphatic carbocycles. The number of benzene rings is 1. The van der Waals surface area contributed by atoms with Gasteiger partial charge in [0.1, 0.15) is 12.7 Å². The summed E-state index contributed by atoms with van der Waals surface area (Å²) in [6.07, 6.45) is 3.17. The molecule has 1 amide bonds. The zero-order valence-corrected chi connectivity index (χ0v) is 10.6. The van der Waals surface area contributed by atoms with E-state index in [9.17, 15) is 4.79 Å². The van der Waals surface area contributed by atoms with Crippen LogP contribution in [0.25, 0.3) is 0 Å². The van der Waals surface area contributed by atoms with Gasteiger partial charge in [-0.1, -0.05) is 30.2 Å². The molecule has 0 aliphatic rings. The van der Waals surface area contributed by atoms with Crippen molar-refractivity contribution >= 4 is 5.91 Å². The van der Waals surface area contributed by atoms with Crippen molar-refractivity contribution in [1.29, 1.82) is 0 Å². The van der Waals surface area contributed by atoms with Crippen molar-refractivity contribution in [1.82, 2.24) is 20.1 Å². The van der Waals surface area contributed by atoms with Crippen LogP contribution in [0.15, 0.2) is 36.9 Å². The van der Waals surface area contributed by atoms with Gasteiger partial charge in [-0.05, 0) is 24.0 Å². The molecule has 2 aromatic rings. The van der Waals surface area contributed by atoms with E-state index in [1.165, 1.54) is 6.33 Å². The lowest BCUT2D eigenvalue weighted by Gasteiger charge is -2.09. The van der Waals surface area contributed by atoms with Gasteiger partial charge in [0.2, 0.25) is 0 Å². The zero-order chi connectivity index (χ0) is 13.5. The molecule has 0 radical (unpaired) electrons. The number of rotatable bonds is 4. The maximum atomic E-state index is 11.3. The third-order valence-corrected chi connectivity index (χ3v) is 2.60. The summed E-state index contributed by atoms with van der Waals surface area (Å²) in [4.78, 5) is 15.2. The first kappa shape index (κ1) is 12.8. The fourth-order valence-electron chi connectivity index (χ4n) is 1.71. The van der Waals surface area contributed by atoms with Crippen LogP contribution in [0.4, 0.5) is 0 Å². The third kappa shape index (κ3) is 3.68. The van der Waals surface area contributed by atoms with Gasteiger partial charge in [-0.3, -0.25) is 4.79 Å². The Morgan fingerprint density at radius 1 is 1.37 bits per heavy atom. The predicted octanol–water partition coefficient (Wildman–Crippen LogP) is 0.966. The van der Waals surface area contributed by atoms with Gasteiger partial charge in [0.05, 0.1) is 6.54 Å². The van der Waals surface area contributed by atoms with Crippen LogP contribution in [0.3, 0.4) is 0 Å². The summed E-state index contributed by atoms with van der Waals surface area (Å²) in [5, 5.41) is 6.84. The van der Waals surface area contributed by atoms with E-state index < -0.39 is 0 Å². The zero-order valence-electron chi connectivity index (χ0n) is 10.6. The molecular weight excluding hydrogens is 240 g/mol. The van der Waals surface area contributed by atoms with Gasteiger partial charge in [0, 0.05) is 6.54 Å². The van der Waals surface area contributed by atoms with Crippen molar-refractivity contribution in [2.75, 3.05) is 0 Å². The Morgan fingerprint density at radius 2 is 2.16 bits per heavy atom. The predicted molar refractivity (Wildman–Crippen MR) is 70.9 cm³/mol. The first-order valence-corrected chi connectivity index (χ1v) is 5.89. The number of carbonyl (C=O) groups excluding carboxylic acids is 1. The molecule has 2 rings (SSSR count). The fourth-order valence-corrected chi connectivity index (χ4v) is 1.71. The van der Waals surface area contributed by atoms with E-state index in [0.29, 0.717) is 13.1 Å². The van der Waals surface area contributed by atoms with Crippen LogP contribution >= 0.6 is 0 Å². The highest BCUT2D eigenvalue weighted by Crippen LogP contribution is 2.09. The Balaban J connectivity index is 2.07. The highest BCUT2D eigenvalue weighted by atomic mass is 16.1. The van der Waals surface area contributed by atoms with Crippen molar-refractivity contribution in [3.05, 3.63) is 48.0 Å². The Bertz CT molecular complexity index is 608. The van der Waals surface area contributed by atoms with Crippen LogP contribution in [-0.2, 0) is 17.9 Å². The molecule has 5 nitrogen and oxygen atoms in total. The van der Waals surface area contributed by atoms with Gasteiger partial charge in [-0.2, -0.15) is 5.10 Å². The second kappa shape index (κ2) is 6.36. The van der Waals surface area contributed by atoms with Gasteiger partial charge in [0.25, 0.3) is 5.91 Å².